The summed E-state index contributed by atoms with van der Waals surface area (Å²) in [7, 11) is 4.00. The molecule has 0 saturated carbocycles. The van der Waals surface area contributed by atoms with E-state index < -0.39 is 29.5 Å². The number of hydrogen-bond acceptors (Lipinski definition) is 7. The van der Waals surface area contributed by atoms with Gasteiger partial charge in [0.25, 0.3) is 5.91 Å². The summed E-state index contributed by atoms with van der Waals surface area (Å²) in [5.41, 5.74) is 1.74. The SMILES string of the molecule is COc1cc(C(F)(F)C(=O)N2CCCC2COC(=O)N(CCCCc2cccnc2)CCCc2ccccc2)cc(OC)c1OC. The molecule has 0 bridgehead atoms. The number of methoxy groups -OCH3 is 3. The molecule has 1 unspecified atom stereocenters. The van der Waals surface area contributed by atoms with Crippen molar-refractivity contribution in [1.29, 1.82) is 0 Å². The van der Waals surface area contributed by atoms with E-state index in [-0.39, 0.29) is 30.4 Å². The van der Waals surface area contributed by atoms with Crippen molar-refractivity contribution >= 4 is 12.0 Å². The number of likely N-dealkylation sites (tertiary alicyclic amines) is 1. The first-order valence-electron chi connectivity index (χ1n) is 15.6. The van der Waals surface area contributed by atoms with Crippen LogP contribution in [0.5, 0.6) is 17.2 Å². The number of amides is 2. The van der Waals surface area contributed by atoms with Crippen LogP contribution >= 0.6 is 0 Å². The molecule has 2 aromatic carbocycles. The van der Waals surface area contributed by atoms with Gasteiger partial charge in [-0.15, -0.1) is 0 Å². The van der Waals surface area contributed by atoms with Crippen molar-refractivity contribution in [3.63, 3.8) is 0 Å². The Kier molecular flexibility index (Phi) is 12.6. The van der Waals surface area contributed by atoms with E-state index in [2.05, 4.69) is 17.1 Å². The number of unbranched alkanes of at least 4 members (excludes halogenated alkanes) is 1. The van der Waals surface area contributed by atoms with Crippen molar-refractivity contribution in [3.05, 3.63) is 83.7 Å². The molecule has 46 heavy (non-hydrogen) atoms. The standard InChI is InChI=1S/C35H43F2N3O6/c1-43-30-22-28(23-31(44-2)32(30)45-3)35(36,37)33(41)40-21-11-17-29(40)25-46-34(42)39(20-10-16-26-12-5-4-6-13-26)19-8-7-14-27-15-9-18-38-24-27/h4-6,9,12-13,15,18,22-24,29H,7-8,10-11,14,16-17,19-21,25H2,1-3H3. The predicted molar refractivity (Wildman–Crippen MR) is 170 cm³/mol. The average Bonchev–Trinajstić information content (AvgIpc) is 3.56. The number of carbonyl (C=O) groups is 2. The van der Waals surface area contributed by atoms with E-state index in [4.69, 9.17) is 18.9 Å². The maximum absolute atomic E-state index is 15.7. The van der Waals surface area contributed by atoms with Gasteiger partial charge in [0.1, 0.15) is 6.61 Å². The second-order valence-corrected chi connectivity index (χ2v) is 11.3. The Hall–Kier alpha value is -4.41. The highest BCUT2D eigenvalue weighted by Gasteiger charge is 2.48. The summed E-state index contributed by atoms with van der Waals surface area (Å²) >= 11 is 0. The zero-order chi connectivity index (χ0) is 32.9. The predicted octanol–water partition coefficient (Wildman–Crippen LogP) is 6.28. The first-order chi connectivity index (χ1) is 22.3. The van der Waals surface area contributed by atoms with Gasteiger partial charge in [0.15, 0.2) is 11.5 Å². The maximum atomic E-state index is 15.7. The first kappa shape index (κ1) is 34.5. The fourth-order valence-electron chi connectivity index (χ4n) is 5.69. The number of alkyl halides is 2. The molecule has 3 aromatic rings. The molecule has 2 amide bonds. The van der Waals surface area contributed by atoms with Crippen molar-refractivity contribution in [1.82, 2.24) is 14.8 Å². The molecule has 4 rings (SSSR count). The number of benzene rings is 2. The summed E-state index contributed by atoms with van der Waals surface area (Å²) < 4.78 is 52.7. The third kappa shape index (κ3) is 8.86. The van der Waals surface area contributed by atoms with Crippen molar-refractivity contribution in [3.8, 4) is 17.2 Å². The van der Waals surface area contributed by atoms with Crippen molar-refractivity contribution in [2.24, 2.45) is 0 Å². The van der Waals surface area contributed by atoms with Crippen LogP contribution in [0.15, 0.2) is 67.0 Å². The van der Waals surface area contributed by atoms with E-state index in [0.717, 1.165) is 54.7 Å². The van der Waals surface area contributed by atoms with Gasteiger partial charge >= 0.3 is 12.0 Å². The Balaban J connectivity index is 1.38. The normalized spacial score (nSPS) is 14.5. The molecule has 1 aliphatic heterocycles. The number of aryl methyl sites for hydroxylation is 2. The molecule has 2 heterocycles. The summed E-state index contributed by atoms with van der Waals surface area (Å²) in [6, 6.07) is 15.5. The highest BCUT2D eigenvalue weighted by Crippen LogP contribution is 2.43. The van der Waals surface area contributed by atoms with Crippen molar-refractivity contribution in [2.45, 2.75) is 56.9 Å². The lowest BCUT2D eigenvalue weighted by molar-refractivity contribution is -0.160. The second-order valence-electron chi connectivity index (χ2n) is 11.3. The van der Waals surface area contributed by atoms with E-state index in [1.807, 2.05) is 36.5 Å². The van der Waals surface area contributed by atoms with Gasteiger partial charge in [0.05, 0.1) is 27.4 Å². The van der Waals surface area contributed by atoms with Gasteiger partial charge in [-0.1, -0.05) is 36.4 Å². The summed E-state index contributed by atoms with van der Waals surface area (Å²) in [5.74, 6) is -5.06. The zero-order valence-electron chi connectivity index (χ0n) is 26.8. The first-order valence-corrected chi connectivity index (χ1v) is 15.6. The largest absolute Gasteiger partial charge is 0.493 e. The summed E-state index contributed by atoms with van der Waals surface area (Å²) in [4.78, 5) is 33.5. The fourth-order valence-corrected chi connectivity index (χ4v) is 5.69. The number of hydrogen-bond donors (Lipinski definition) is 0. The third-order valence-corrected chi connectivity index (χ3v) is 8.19. The Morgan fingerprint density at radius 2 is 1.59 bits per heavy atom. The molecule has 1 saturated heterocycles. The van der Waals surface area contributed by atoms with Crippen LogP contribution < -0.4 is 14.2 Å². The van der Waals surface area contributed by atoms with Gasteiger partial charge in [0, 0.05) is 37.6 Å². The molecule has 1 aromatic heterocycles. The van der Waals surface area contributed by atoms with Crippen molar-refractivity contribution in [2.75, 3.05) is 47.6 Å². The number of aromatic nitrogens is 1. The second kappa shape index (κ2) is 16.8. The maximum Gasteiger partial charge on any atom is 0.409 e. The topological polar surface area (TPSA) is 90.4 Å². The van der Waals surface area contributed by atoms with Gasteiger partial charge < -0.3 is 28.7 Å². The van der Waals surface area contributed by atoms with Gasteiger partial charge in [-0.25, -0.2) is 4.79 Å². The highest BCUT2D eigenvalue weighted by atomic mass is 19.3. The molecule has 248 valence electrons. The molecule has 9 nitrogen and oxygen atoms in total. The molecule has 1 fully saturated rings. The molecular weight excluding hydrogens is 596 g/mol. The number of nitrogens with zero attached hydrogens (tertiary/aromatic N) is 3. The van der Waals surface area contributed by atoms with Crippen LogP contribution in [0, 0.1) is 0 Å². The van der Waals surface area contributed by atoms with Crippen LogP contribution in [0.25, 0.3) is 0 Å². The summed E-state index contributed by atoms with van der Waals surface area (Å²) in [6.07, 6.45) is 8.08. The van der Waals surface area contributed by atoms with Crippen LogP contribution in [-0.4, -0.2) is 80.4 Å². The quantitative estimate of drug-likeness (QED) is 0.170. The zero-order valence-corrected chi connectivity index (χ0v) is 26.8. The van der Waals surface area contributed by atoms with E-state index in [9.17, 15) is 9.59 Å². The Morgan fingerprint density at radius 3 is 2.24 bits per heavy atom. The van der Waals surface area contributed by atoms with Gasteiger partial charge in [-0.2, -0.15) is 8.78 Å². The summed E-state index contributed by atoms with van der Waals surface area (Å²) in [6.45, 7) is 0.963. The highest BCUT2D eigenvalue weighted by molar-refractivity contribution is 5.86. The van der Waals surface area contributed by atoms with Crippen LogP contribution in [0.4, 0.5) is 13.6 Å². The van der Waals surface area contributed by atoms with Crippen LogP contribution in [-0.2, 0) is 28.3 Å². The molecule has 0 aliphatic carbocycles. The van der Waals surface area contributed by atoms with Gasteiger partial charge in [-0.3, -0.25) is 9.78 Å². The molecule has 11 heteroatoms. The van der Waals surface area contributed by atoms with E-state index in [0.29, 0.717) is 25.9 Å². The summed E-state index contributed by atoms with van der Waals surface area (Å²) in [5, 5.41) is 0. The lowest BCUT2D eigenvalue weighted by Crippen LogP contribution is -2.47. The average molecular weight is 640 g/mol. The van der Waals surface area contributed by atoms with Crippen molar-refractivity contribution < 1.29 is 37.3 Å². The van der Waals surface area contributed by atoms with Gasteiger partial charge in [-0.05, 0) is 74.3 Å². The molecule has 0 spiro atoms. The number of carbonyl (C=O) groups excluding carboxylic acids is 2. The lowest BCUT2D eigenvalue weighted by Gasteiger charge is -2.30. The smallest absolute Gasteiger partial charge is 0.409 e. The number of ether oxygens (including phenoxy) is 4. The minimum atomic E-state index is -3.88. The number of rotatable bonds is 16. The van der Waals surface area contributed by atoms with Crippen LogP contribution in [0.1, 0.15) is 48.8 Å². The van der Waals surface area contributed by atoms with Crippen LogP contribution in [0.2, 0.25) is 0 Å². The minimum Gasteiger partial charge on any atom is -0.493 e. The Morgan fingerprint density at radius 1 is 0.913 bits per heavy atom. The number of pyridine rings is 1. The monoisotopic (exact) mass is 639 g/mol. The van der Waals surface area contributed by atoms with Gasteiger partial charge in [0.2, 0.25) is 5.75 Å². The Labute approximate surface area is 269 Å². The Bertz CT molecular complexity index is 1380. The fraction of sp³-hybridized carbons (Fsp3) is 0.457. The van der Waals surface area contributed by atoms with Crippen LogP contribution in [0.3, 0.4) is 0 Å². The van der Waals surface area contributed by atoms with E-state index in [1.54, 1.807) is 11.1 Å². The molecular formula is C35H43F2N3O6. The minimum absolute atomic E-state index is 0.0176. The number of halogens is 2. The lowest BCUT2D eigenvalue weighted by atomic mass is 10.0. The molecule has 1 atom stereocenters. The molecule has 1 aliphatic rings. The third-order valence-electron chi connectivity index (χ3n) is 8.19. The molecule has 0 radical (unpaired) electrons. The van der Waals surface area contributed by atoms with E-state index >= 15 is 8.78 Å². The molecule has 0 N–H and O–H groups in total. The van der Waals surface area contributed by atoms with E-state index in [1.165, 1.54) is 26.9 Å².